The molecule has 2 atom stereocenters. The van der Waals surface area contributed by atoms with Gasteiger partial charge in [-0.2, -0.15) is 0 Å². The zero-order chi connectivity index (χ0) is 12.1. The molecule has 0 rings (SSSR count). The third-order valence-corrected chi connectivity index (χ3v) is 2.84. The summed E-state index contributed by atoms with van der Waals surface area (Å²) in [6.07, 6.45) is 4.14. The van der Waals surface area contributed by atoms with Crippen LogP contribution in [0.4, 0.5) is 0 Å². The predicted molar refractivity (Wildman–Crippen MR) is 66.6 cm³/mol. The minimum atomic E-state index is -0.894. The van der Waals surface area contributed by atoms with Gasteiger partial charge in [0.2, 0.25) is 0 Å². The van der Waals surface area contributed by atoms with E-state index in [2.05, 4.69) is 34.3 Å². The van der Waals surface area contributed by atoms with Gasteiger partial charge in [-0.05, 0) is 31.1 Å². The van der Waals surface area contributed by atoms with Crippen LogP contribution in [0.3, 0.4) is 0 Å². The van der Waals surface area contributed by atoms with Crippen LogP contribution in [-0.4, -0.2) is 16.7 Å². The van der Waals surface area contributed by atoms with Crippen LogP contribution < -0.4 is 5.73 Å². The first-order valence-corrected chi connectivity index (χ1v) is 5.93. The lowest BCUT2D eigenvalue weighted by Gasteiger charge is -2.32. The third-order valence-electron chi connectivity index (χ3n) is 2.84. The summed E-state index contributed by atoms with van der Waals surface area (Å²) in [5, 5.41) is 10.3. The maximum absolute atomic E-state index is 10.3. The number of rotatable bonds is 7. The summed E-state index contributed by atoms with van der Waals surface area (Å²) in [4.78, 5) is 0. The van der Waals surface area contributed by atoms with Gasteiger partial charge in [0.1, 0.15) is 0 Å². The predicted octanol–water partition coefficient (Wildman–Crippen LogP) is 2.71. The minimum absolute atomic E-state index is 0.200. The van der Waals surface area contributed by atoms with E-state index in [-0.39, 0.29) is 6.04 Å². The summed E-state index contributed by atoms with van der Waals surface area (Å²) in [5.74, 6) is 1.09. The van der Waals surface area contributed by atoms with E-state index in [1.54, 1.807) is 6.08 Å². The first-order valence-electron chi connectivity index (χ1n) is 5.93. The second-order valence-electron chi connectivity index (χ2n) is 5.36. The zero-order valence-corrected chi connectivity index (χ0v) is 10.7. The van der Waals surface area contributed by atoms with Crippen molar-refractivity contribution in [1.82, 2.24) is 0 Å². The van der Waals surface area contributed by atoms with E-state index in [1.165, 1.54) is 0 Å². The van der Waals surface area contributed by atoms with Crippen molar-refractivity contribution in [2.75, 3.05) is 0 Å². The zero-order valence-electron chi connectivity index (χ0n) is 10.7. The first kappa shape index (κ1) is 14.7. The van der Waals surface area contributed by atoms with Crippen LogP contribution >= 0.6 is 0 Å². The topological polar surface area (TPSA) is 46.2 Å². The average molecular weight is 213 g/mol. The van der Waals surface area contributed by atoms with Crippen molar-refractivity contribution in [3.63, 3.8) is 0 Å². The highest BCUT2D eigenvalue weighted by atomic mass is 16.3. The Kier molecular flexibility index (Phi) is 6.15. The fourth-order valence-electron chi connectivity index (χ4n) is 1.67. The first-order chi connectivity index (χ1) is 6.81. The van der Waals surface area contributed by atoms with Crippen LogP contribution in [0.1, 0.15) is 47.0 Å². The number of hydrogen-bond acceptors (Lipinski definition) is 2. The smallest absolute Gasteiger partial charge is 0.0975 e. The summed E-state index contributed by atoms with van der Waals surface area (Å²) in [5.41, 5.74) is 5.13. The molecular weight excluding hydrogens is 186 g/mol. The number of nitrogens with two attached hydrogens (primary N) is 1. The van der Waals surface area contributed by atoms with E-state index in [0.29, 0.717) is 18.3 Å². The molecule has 0 fully saturated rings. The Morgan fingerprint density at radius 1 is 1.27 bits per heavy atom. The van der Waals surface area contributed by atoms with Crippen LogP contribution in [0.2, 0.25) is 0 Å². The fourth-order valence-corrected chi connectivity index (χ4v) is 1.67. The molecule has 0 aliphatic rings. The van der Waals surface area contributed by atoms with Crippen LogP contribution in [0.15, 0.2) is 12.7 Å². The SMILES string of the molecule is C=CC(O)(CCC(C)C)[C@@H](N)CC(C)C. The molecule has 2 heteroatoms. The Morgan fingerprint density at radius 2 is 1.80 bits per heavy atom. The summed E-state index contributed by atoms with van der Waals surface area (Å²) >= 11 is 0. The molecule has 0 aliphatic carbocycles. The van der Waals surface area contributed by atoms with Gasteiger partial charge in [0.15, 0.2) is 0 Å². The molecule has 0 heterocycles. The Morgan fingerprint density at radius 3 is 2.13 bits per heavy atom. The van der Waals surface area contributed by atoms with E-state index >= 15 is 0 Å². The molecule has 0 radical (unpaired) electrons. The van der Waals surface area contributed by atoms with Gasteiger partial charge < -0.3 is 10.8 Å². The average Bonchev–Trinajstić information content (AvgIpc) is 2.13. The van der Waals surface area contributed by atoms with Gasteiger partial charge in [0, 0.05) is 6.04 Å². The lowest BCUT2D eigenvalue weighted by atomic mass is 9.83. The monoisotopic (exact) mass is 213 g/mol. The Bertz CT molecular complexity index is 189. The van der Waals surface area contributed by atoms with Gasteiger partial charge in [0.25, 0.3) is 0 Å². The molecular formula is C13H27NO. The van der Waals surface area contributed by atoms with E-state index in [4.69, 9.17) is 5.73 Å². The molecule has 0 saturated carbocycles. The van der Waals surface area contributed by atoms with Crippen molar-refractivity contribution in [1.29, 1.82) is 0 Å². The van der Waals surface area contributed by atoms with Gasteiger partial charge >= 0.3 is 0 Å². The van der Waals surface area contributed by atoms with Crippen molar-refractivity contribution in [3.8, 4) is 0 Å². The van der Waals surface area contributed by atoms with E-state index in [0.717, 1.165) is 12.8 Å². The van der Waals surface area contributed by atoms with E-state index in [1.807, 2.05) is 0 Å². The lowest BCUT2D eigenvalue weighted by molar-refractivity contribution is 0.0418. The van der Waals surface area contributed by atoms with Crippen molar-refractivity contribution in [3.05, 3.63) is 12.7 Å². The maximum atomic E-state index is 10.3. The summed E-state index contributed by atoms with van der Waals surface area (Å²) < 4.78 is 0. The Balaban J connectivity index is 4.33. The second kappa shape index (κ2) is 6.29. The normalized spacial score (nSPS) is 17.9. The number of aliphatic hydroxyl groups is 1. The molecule has 2 nitrogen and oxygen atoms in total. The highest BCUT2D eigenvalue weighted by molar-refractivity contribution is 5.03. The molecule has 90 valence electrons. The molecule has 3 N–H and O–H groups in total. The molecule has 0 aromatic rings. The Hall–Kier alpha value is -0.340. The molecule has 0 bridgehead atoms. The van der Waals surface area contributed by atoms with Gasteiger partial charge in [-0.25, -0.2) is 0 Å². The maximum Gasteiger partial charge on any atom is 0.0975 e. The van der Waals surface area contributed by atoms with Crippen molar-refractivity contribution in [2.24, 2.45) is 17.6 Å². The molecule has 0 saturated heterocycles. The van der Waals surface area contributed by atoms with Crippen LogP contribution in [0.25, 0.3) is 0 Å². The van der Waals surface area contributed by atoms with Crippen molar-refractivity contribution < 1.29 is 5.11 Å². The number of hydrogen-bond donors (Lipinski definition) is 2. The summed E-state index contributed by atoms with van der Waals surface area (Å²) in [7, 11) is 0. The van der Waals surface area contributed by atoms with Gasteiger partial charge in [0.05, 0.1) is 5.60 Å². The van der Waals surface area contributed by atoms with Crippen LogP contribution in [0, 0.1) is 11.8 Å². The van der Waals surface area contributed by atoms with E-state index in [9.17, 15) is 5.11 Å². The summed E-state index contributed by atoms with van der Waals surface area (Å²) in [6.45, 7) is 12.2. The van der Waals surface area contributed by atoms with Gasteiger partial charge in [-0.3, -0.25) is 0 Å². The van der Waals surface area contributed by atoms with Crippen molar-refractivity contribution >= 4 is 0 Å². The molecule has 15 heavy (non-hydrogen) atoms. The Labute approximate surface area is 94.6 Å². The van der Waals surface area contributed by atoms with E-state index < -0.39 is 5.60 Å². The molecule has 0 aliphatic heterocycles. The highest BCUT2D eigenvalue weighted by Gasteiger charge is 2.31. The van der Waals surface area contributed by atoms with Crippen LogP contribution in [0.5, 0.6) is 0 Å². The summed E-state index contributed by atoms with van der Waals surface area (Å²) in [6, 6.07) is -0.200. The molecule has 0 amide bonds. The van der Waals surface area contributed by atoms with Gasteiger partial charge in [-0.1, -0.05) is 33.8 Å². The van der Waals surface area contributed by atoms with Crippen LogP contribution in [-0.2, 0) is 0 Å². The quantitative estimate of drug-likeness (QED) is 0.639. The third kappa shape index (κ3) is 5.33. The lowest BCUT2D eigenvalue weighted by Crippen LogP contribution is -2.47. The molecule has 0 aromatic carbocycles. The van der Waals surface area contributed by atoms with Gasteiger partial charge in [-0.15, -0.1) is 6.58 Å². The largest absolute Gasteiger partial charge is 0.384 e. The standard InChI is InChI=1S/C13H27NO/c1-6-13(15,8-7-10(2)3)12(14)9-11(4)5/h6,10-12,15H,1,7-9,14H2,2-5H3/t12-,13?/m0/s1. The van der Waals surface area contributed by atoms with Crippen molar-refractivity contribution in [2.45, 2.75) is 58.6 Å². The second-order valence-corrected chi connectivity index (χ2v) is 5.36. The highest BCUT2D eigenvalue weighted by Crippen LogP contribution is 2.24. The fraction of sp³-hybridized carbons (Fsp3) is 0.846. The molecule has 0 aromatic heterocycles. The molecule has 1 unspecified atom stereocenters. The molecule has 0 spiro atoms. The minimum Gasteiger partial charge on any atom is -0.384 e.